The summed E-state index contributed by atoms with van der Waals surface area (Å²) in [7, 11) is -1.40. The van der Waals surface area contributed by atoms with Gasteiger partial charge in [-0.15, -0.1) is 0 Å². The second kappa shape index (κ2) is 3.66. The molecule has 0 spiro atoms. The second-order valence-electron chi connectivity index (χ2n) is 2.71. The normalized spacial score (nSPS) is 10.9. The highest BCUT2D eigenvalue weighted by atomic mass is 32.2. The number of hydrogen-bond donors (Lipinski definition) is 2. The van der Waals surface area contributed by atoms with Crippen molar-refractivity contribution >= 4 is 21.4 Å². The maximum absolute atomic E-state index is 10.9. The van der Waals surface area contributed by atoms with E-state index in [4.69, 9.17) is 0 Å². The van der Waals surface area contributed by atoms with Gasteiger partial charge in [0.2, 0.25) is 10.0 Å². The topological polar surface area (TPSA) is 58.2 Å². The lowest BCUT2D eigenvalue weighted by atomic mass is 10.3. The quantitative estimate of drug-likeness (QED) is 0.768. The molecule has 2 N–H and O–H groups in total. The second-order valence-corrected chi connectivity index (χ2v) is 4.45. The van der Waals surface area contributed by atoms with E-state index in [2.05, 4.69) is 10.0 Å². The summed E-state index contributed by atoms with van der Waals surface area (Å²) >= 11 is 0. The van der Waals surface area contributed by atoms with Crippen molar-refractivity contribution in [2.24, 2.45) is 0 Å². The molecule has 1 aromatic rings. The largest absolute Gasteiger partial charge is 0.388 e. The molecule has 0 aromatic heterocycles. The van der Waals surface area contributed by atoms with E-state index in [9.17, 15) is 8.42 Å². The van der Waals surface area contributed by atoms with E-state index in [0.29, 0.717) is 5.69 Å². The fourth-order valence-corrected chi connectivity index (χ4v) is 1.51. The average Bonchev–Trinajstić information content (AvgIpc) is 2.01. The molecule has 0 saturated heterocycles. The van der Waals surface area contributed by atoms with Crippen LogP contribution in [0.3, 0.4) is 0 Å². The van der Waals surface area contributed by atoms with Crippen LogP contribution in [0.15, 0.2) is 24.3 Å². The van der Waals surface area contributed by atoms with Gasteiger partial charge in [-0.2, -0.15) is 0 Å². The average molecular weight is 200 g/mol. The number of anilines is 2. The molecule has 5 heteroatoms. The molecule has 0 saturated carbocycles. The number of benzene rings is 1. The monoisotopic (exact) mass is 200 g/mol. The molecule has 0 amide bonds. The molecule has 0 radical (unpaired) electrons. The molecule has 72 valence electrons. The lowest BCUT2D eigenvalue weighted by Crippen LogP contribution is -2.09. The molecule has 0 aliphatic heterocycles. The van der Waals surface area contributed by atoms with E-state index in [1.165, 1.54) is 0 Å². The van der Waals surface area contributed by atoms with Crippen molar-refractivity contribution in [3.05, 3.63) is 24.3 Å². The van der Waals surface area contributed by atoms with Gasteiger partial charge in [-0.1, -0.05) is 6.07 Å². The number of nitrogens with one attached hydrogen (secondary N) is 2. The number of hydrogen-bond acceptors (Lipinski definition) is 3. The lowest BCUT2D eigenvalue weighted by Gasteiger charge is -2.05. The Morgan fingerprint density at radius 2 is 1.85 bits per heavy atom. The van der Waals surface area contributed by atoms with Crippen molar-refractivity contribution in [2.45, 2.75) is 0 Å². The van der Waals surface area contributed by atoms with Gasteiger partial charge in [0, 0.05) is 12.7 Å². The molecule has 0 fully saturated rings. The Labute approximate surface area is 78.0 Å². The van der Waals surface area contributed by atoms with E-state index < -0.39 is 10.0 Å². The van der Waals surface area contributed by atoms with Gasteiger partial charge in [0.05, 0.1) is 11.9 Å². The van der Waals surface area contributed by atoms with Crippen molar-refractivity contribution in [3.63, 3.8) is 0 Å². The maximum Gasteiger partial charge on any atom is 0.229 e. The van der Waals surface area contributed by atoms with Gasteiger partial charge in [0.25, 0.3) is 0 Å². The predicted molar refractivity (Wildman–Crippen MR) is 54.5 cm³/mol. The van der Waals surface area contributed by atoms with Crippen LogP contribution >= 0.6 is 0 Å². The van der Waals surface area contributed by atoms with Crippen LogP contribution in [0.5, 0.6) is 0 Å². The van der Waals surface area contributed by atoms with Gasteiger partial charge >= 0.3 is 0 Å². The third-order valence-electron chi connectivity index (χ3n) is 1.45. The van der Waals surface area contributed by atoms with E-state index in [0.717, 1.165) is 11.9 Å². The molecule has 0 aliphatic rings. The molecule has 0 heterocycles. The highest BCUT2D eigenvalue weighted by Gasteiger charge is 2.00. The molecule has 0 atom stereocenters. The third kappa shape index (κ3) is 3.33. The van der Waals surface area contributed by atoms with Crippen molar-refractivity contribution in [2.75, 3.05) is 23.3 Å². The maximum atomic E-state index is 10.9. The predicted octanol–water partition coefficient (Wildman–Crippen LogP) is 1.10. The molecule has 0 unspecified atom stereocenters. The minimum absolute atomic E-state index is 0.564. The van der Waals surface area contributed by atoms with Crippen LogP contribution in [0.1, 0.15) is 0 Å². The summed E-state index contributed by atoms with van der Waals surface area (Å²) in [6.07, 6.45) is 1.12. The summed E-state index contributed by atoms with van der Waals surface area (Å²) in [6.45, 7) is 0. The van der Waals surface area contributed by atoms with Crippen LogP contribution in [0.4, 0.5) is 11.4 Å². The van der Waals surface area contributed by atoms with Gasteiger partial charge in [-0.05, 0) is 18.2 Å². The summed E-state index contributed by atoms with van der Waals surface area (Å²) in [5.41, 5.74) is 1.43. The molecule has 0 bridgehead atoms. The van der Waals surface area contributed by atoms with Crippen LogP contribution in [-0.2, 0) is 10.0 Å². The van der Waals surface area contributed by atoms with E-state index in [1.807, 2.05) is 6.07 Å². The van der Waals surface area contributed by atoms with E-state index in [-0.39, 0.29) is 0 Å². The minimum Gasteiger partial charge on any atom is -0.388 e. The first-order valence-corrected chi connectivity index (χ1v) is 5.66. The Balaban J connectivity index is 2.90. The zero-order valence-corrected chi connectivity index (χ0v) is 8.35. The summed E-state index contributed by atoms with van der Waals surface area (Å²) in [6, 6.07) is 7.05. The lowest BCUT2D eigenvalue weighted by molar-refractivity contribution is 0.607. The SMILES string of the molecule is CNc1cccc(NS(C)(=O)=O)c1. The van der Waals surface area contributed by atoms with Gasteiger partial charge in [-0.3, -0.25) is 4.72 Å². The van der Waals surface area contributed by atoms with E-state index in [1.54, 1.807) is 25.2 Å². The molecule has 13 heavy (non-hydrogen) atoms. The Kier molecular flexibility index (Phi) is 2.77. The van der Waals surface area contributed by atoms with E-state index >= 15 is 0 Å². The van der Waals surface area contributed by atoms with Crippen molar-refractivity contribution < 1.29 is 8.42 Å². The van der Waals surface area contributed by atoms with Gasteiger partial charge in [-0.25, -0.2) is 8.42 Å². The van der Waals surface area contributed by atoms with Gasteiger partial charge in [0.1, 0.15) is 0 Å². The van der Waals surface area contributed by atoms with Crippen LogP contribution in [0, 0.1) is 0 Å². The first-order chi connectivity index (χ1) is 6.01. The fourth-order valence-electron chi connectivity index (χ4n) is 0.952. The molecule has 0 aliphatic carbocycles. The zero-order valence-electron chi connectivity index (χ0n) is 7.53. The number of rotatable bonds is 3. The molecule has 4 nitrogen and oxygen atoms in total. The van der Waals surface area contributed by atoms with Crippen LogP contribution in [-0.4, -0.2) is 21.7 Å². The van der Waals surface area contributed by atoms with Crippen molar-refractivity contribution in [1.29, 1.82) is 0 Å². The van der Waals surface area contributed by atoms with Gasteiger partial charge < -0.3 is 5.32 Å². The van der Waals surface area contributed by atoms with Crippen molar-refractivity contribution in [1.82, 2.24) is 0 Å². The first kappa shape index (κ1) is 9.85. The Morgan fingerprint density at radius 3 is 2.38 bits per heavy atom. The van der Waals surface area contributed by atoms with Crippen LogP contribution < -0.4 is 10.0 Å². The summed E-state index contributed by atoms with van der Waals surface area (Å²) in [5, 5.41) is 2.92. The Hall–Kier alpha value is -1.23. The zero-order chi connectivity index (χ0) is 9.90. The first-order valence-electron chi connectivity index (χ1n) is 3.77. The van der Waals surface area contributed by atoms with Crippen molar-refractivity contribution in [3.8, 4) is 0 Å². The Bertz CT molecular complexity index is 387. The standard InChI is InChI=1S/C8H12N2O2S/c1-9-7-4-3-5-8(6-7)10-13(2,11)12/h3-6,9-10H,1-2H3. The summed E-state index contributed by atoms with van der Waals surface area (Å²) in [5.74, 6) is 0. The smallest absolute Gasteiger partial charge is 0.229 e. The summed E-state index contributed by atoms with van der Waals surface area (Å²) in [4.78, 5) is 0. The molecule has 1 rings (SSSR count). The number of sulfonamides is 1. The van der Waals surface area contributed by atoms with Gasteiger partial charge in [0.15, 0.2) is 0 Å². The molecule has 1 aromatic carbocycles. The molecular weight excluding hydrogens is 188 g/mol. The van der Waals surface area contributed by atoms with Crippen LogP contribution in [0.25, 0.3) is 0 Å². The summed E-state index contributed by atoms with van der Waals surface area (Å²) < 4.78 is 24.1. The van der Waals surface area contributed by atoms with Crippen LogP contribution in [0.2, 0.25) is 0 Å². The third-order valence-corrected chi connectivity index (χ3v) is 2.06. The minimum atomic E-state index is -3.18. The fraction of sp³-hybridized carbons (Fsp3) is 0.250. The highest BCUT2D eigenvalue weighted by Crippen LogP contribution is 2.14. The highest BCUT2D eigenvalue weighted by molar-refractivity contribution is 7.92. The molecular formula is C8H12N2O2S. The Morgan fingerprint density at radius 1 is 1.23 bits per heavy atom.